The Morgan fingerprint density at radius 2 is 2.15 bits per heavy atom. The van der Waals surface area contributed by atoms with Crippen LogP contribution in [0.1, 0.15) is 43.0 Å². The molecule has 0 bridgehead atoms. The number of aromatic nitrogens is 1. The summed E-state index contributed by atoms with van der Waals surface area (Å²) in [7, 11) is 5.59. The van der Waals surface area contributed by atoms with Crippen LogP contribution in [0.3, 0.4) is 0 Å². The molecule has 2 aliphatic rings. The number of hydrogen-bond donors (Lipinski definition) is 1. The Hall–Kier alpha value is -1.58. The lowest BCUT2D eigenvalue weighted by molar-refractivity contribution is -0.0335. The molecule has 1 N–H and O–H groups in total. The molecule has 3 nitrogen and oxygen atoms in total. The number of hydrogen-bond acceptors (Lipinski definition) is 2. The highest BCUT2D eigenvalue weighted by Gasteiger charge is 2.53. The first-order valence-electron chi connectivity index (χ1n) is 7.15. The highest BCUT2D eigenvalue weighted by atomic mass is 16.1. The number of rotatable bonds is 3. The Labute approximate surface area is 121 Å². The van der Waals surface area contributed by atoms with E-state index in [0.717, 1.165) is 12.8 Å². The zero-order valence-corrected chi connectivity index (χ0v) is 11.9. The van der Waals surface area contributed by atoms with E-state index in [0.29, 0.717) is 28.5 Å². The highest BCUT2D eigenvalue weighted by molar-refractivity contribution is 6.31. The van der Waals surface area contributed by atoms with Crippen LogP contribution in [0.5, 0.6) is 0 Å². The third-order valence-corrected chi connectivity index (χ3v) is 4.79. The van der Waals surface area contributed by atoms with Gasteiger partial charge in [0.2, 0.25) is 0 Å². The first-order valence-corrected chi connectivity index (χ1v) is 7.15. The summed E-state index contributed by atoms with van der Waals surface area (Å²) in [6.07, 6.45) is 6.26. The van der Waals surface area contributed by atoms with Crippen molar-refractivity contribution in [1.82, 2.24) is 10.3 Å². The van der Waals surface area contributed by atoms with Crippen molar-refractivity contribution in [3.8, 4) is 0 Å². The summed E-state index contributed by atoms with van der Waals surface area (Å²) in [5.41, 5.74) is 2.76. The fourth-order valence-electron chi connectivity index (χ4n) is 3.61. The minimum absolute atomic E-state index is 0.0466. The Morgan fingerprint density at radius 3 is 2.75 bits per heavy atom. The third kappa shape index (κ3) is 2.39. The van der Waals surface area contributed by atoms with E-state index in [1.54, 1.807) is 18.3 Å². The highest BCUT2D eigenvalue weighted by Crippen LogP contribution is 2.60. The third-order valence-electron chi connectivity index (χ3n) is 4.79. The van der Waals surface area contributed by atoms with Crippen LogP contribution in [-0.4, -0.2) is 24.8 Å². The van der Waals surface area contributed by atoms with Gasteiger partial charge in [-0.2, -0.15) is 0 Å². The van der Waals surface area contributed by atoms with Gasteiger partial charge < -0.3 is 5.32 Å². The van der Waals surface area contributed by atoms with E-state index in [2.05, 4.69) is 23.8 Å². The van der Waals surface area contributed by atoms with Crippen LogP contribution in [0.4, 0.5) is 0 Å². The van der Waals surface area contributed by atoms with E-state index in [9.17, 15) is 4.79 Å². The zero-order chi connectivity index (χ0) is 14.3. The summed E-state index contributed by atoms with van der Waals surface area (Å²) in [4.78, 5) is 16.0. The predicted octanol–water partition coefficient (Wildman–Crippen LogP) is 1.74. The standard InChI is InChI=1S/C16H19BN2O/c1-10(2)12-6-16(7-12)8-13(9-16)19-15(20)11-3-4-18-14(17)5-11/h3-5,12-13H,1,6-9H2,2H3,(H,19,20). The second-order valence-corrected chi connectivity index (χ2v) is 6.50. The van der Waals surface area contributed by atoms with Crippen LogP contribution in [0.15, 0.2) is 30.5 Å². The molecule has 1 spiro atoms. The molecule has 0 unspecified atom stereocenters. The van der Waals surface area contributed by atoms with E-state index in [-0.39, 0.29) is 5.91 Å². The van der Waals surface area contributed by atoms with Gasteiger partial charge in [0.15, 0.2) is 0 Å². The molecule has 3 rings (SSSR count). The topological polar surface area (TPSA) is 42.0 Å². The van der Waals surface area contributed by atoms with Gasteiger partial charge in [-0.3, -0.25) is 9.78 Å². The van der Waals surface area contributed by atoms with Crippen molar-refractivity contribution in [2.75, 3.05) is 0 Å². The molecule has 0 saturated heterocycles. The zero-order valence-electron chi connectivity index (χ0n) is 11.9. The first-order chi connectivity index (χ1) is 9.47. The van der Waals surface area contributed by atoms with Crippen molar-refractivity contribution in [2.45, 2.75) is 38.6 Å². The maximum absolute atomic E-state index is 12.1. The van der Waals surface area contributed by atoms with Crippen LogP contribution >= 0.6 is 0 Å². The minimum atomic E-state index is -0.0466. The first kappa shape index (κ1) is 13.4. The summed E-state index contributed by atoms with van der Waals surface area (Å²) in [6, 6.07) is 3.62. The maximum Gasteiger partial charge on any atom is 0.251 e. The molecule has 2 aliphatic carbocycles. The number of nitrogens with zero attached hydrogens (tertiary/aromatic N) is 1. The molecule has 2 fully saturated rings. The molecule has 1 amide bonds. The maximum atomic E-state index is 12.1. The average Bonchev–Trinajstić information content (AvgIpc) is 2.29. The smallest absolute Gasteiger partial charge is 0.251 e. The van der Waals surface area contributed by atoms with Gasteiger partial charge in [0.1, 0.15) is 7.85 Å². The van der Waals surface area contributed by atoms with Gasteiger partial charge in [-0.15, -0.1) is 0 Å². The second-order valence-electron chi connectivity index (χ2n) is 6.50. The van der Waals surface area contributed by atoms with Crippen LogP contribution in [0, 0.1) is 11.3 Å². The second kappa shape index (κ2) is 4.76. The monoisotopic (exact) mass is 266 g/mol. The van der Waals surface area contributed by atoms with Gasteiger partial charge >= 0.3 is 0 Å². The van der Waals surface area contributed by atoms with Gasteiger partial charge in [0.05, 0.1) is 0 Å². The van der Waals surface area contributed by atoms with E-state index in [1.165, 1.54) is 18.4 Å². The SMILES string of the molecule is [B]c1cc(C(=O)NC2CC3(C2)CC(C(=C)C)C3)ccn1. The van der Waals surface area contributed by atoms with Crippen LogP contribution in [-0.2, 0) is 0 Å². The van der Waals surface area contributed by atoms with E-state index in [1.807, 2.05) is 0 Å². The minimum Gasteiger partial charge on any atom is -0.349 e. The largest absolute Gasteiger partial charge is 0.349 e. The van der Waals surface area contributed by atoms with Crippen molar-refractivity contribution in [1.29, 1.82) is 0 Å². The van der Waals surface area contributed by atoms with Crippen molar-refractivity contribution >= 4 is 19.3 Å². The van der Waals surface area contributed by atoms with Gasteiger partial charge in [-0.05, 0) is 61.7 Å². The van der Waals surface area contributed by atoms with Crippen LogP contribution in [0.2, 0.25) is 0 Å². The lowest BCUT2D eigenvalue weighted by Crippen LogP contribution is -2.56. The molecule has 0 atom stereocenters. The molecule has 2 saturated carbocycles. The van der Waals surface area contributed by atoms with Gasteiger partial charge in [0, 0.05) is 17.8 Å². The Bertz CT molecular complexity index is 555. The van der Waals surface area contributed by atoms with E-state index >= 15 is 0 Å². The van der Waals surface area contributed by atoms with Crippen LogP contribution in [0.25, 0.3) is 0 Å². The van der Waals surface area contributed by atoms with Crippen LogP contribution < -0.4 is 10.9 Å². The molecule has 1 aromatic heterocycles. The number of nitrogens with one attached hydrogen (secondary N) is 1. The number of pyridine rings is 1. The molecule has 102 valence electrons. The number of carbonyl (C=O) groups is 1. The molecule has 1 aromatic rings. The molecule has 4 heteroatoms. The molecular formula is C16H19BN2O. The van der Waals surface area contributed by atoms with Gasteiger partial charge in [-0.1, -0.05) is 12.2 Å². The quantitative estimate of drug-likeness (QED) is 0.669. The summed E-state index contributed by atoms with van der Waals surface area (Å²) in [5.74, 6) is 0.654. The molecule has 1 heterocycles. The molecule has 0 aliphatic heterocycles. The van der Waals surface area contributed by atoms with Crippen molar-refractivity contribution < 1.29 is 4.79 Å². The number of carbonyl (C=O) groups excluding carboxylic acids is 1. The Balaban J connectivity index is 1.50. The number of allylic oxidation sites excluding steroid dienone is 1. The van der Waals surface area contributed by atoms with Crippen molar-refractivity contribution in [3.05, 3.63) is 36.0 Å². The molecule has 0 aromatic carbocycles. The lowest BCUT2D eigenvalue weighted by Gasteiger charge is -2.58. The summed E-state index contributed by atoms with van der Waals surface area (Å²) in [5, 5.41) is 3.08. The summed E-state index contributed by atoms with van der Waals surface area (Å²) >= 11 is 0. The van der Waals surface area contributed by atoms with E-state index in [4.69, 9.17) is 7.85 Å². The molecule has 2 radical (unpaired) electrons. The van der Waals surface area contributed by atoms with E-state index < -0.39 is 0 Å². The lowest BCUT2D eigenvalue weighted by atomic mass is 9.49. The summed E-state index contributed by atoms with van der Waals surface area (Å²) in [6.45, 7) is 6.14. The average molecular weight is 266 g/mol. The molecule has 20 heavy (non-hydrogen) atoms. The Kier molecular flexibility index (Phi) is 3.19. The summed E-state index contributed by atoms with van der Waals surface area (Å²) < 4.78 is 0. The Morgan fingerprint density at radius 1 is 1.45 bits per heavy atom. The fraction of sp³-hybridized carbons (Fsp3) is 0.500. The van der Waals surface area contributed by atoms with Crippen molar-refractivity contribution in [3.63, 3.8) is 0 Å². The van der Waals surface area contributed by atoms with Gasteiger partial charge in [-0.25, -0.2) is 0 Å². The predicted molar refractivity (Wildman–Crippen MR) is 80.1 cm³/mol. The van der Waals surface area contributed by atoms with Gasteiger partial charge in [0.25, 0.3) is 5.91 Å². The fourth-order valence-corrected chi connectivity index (χ4v) is 3.61. The molecular weight excluding hydrogens is 247 g/mol. The number of amides is 1. The van der Waals surface area contributed by atoms with Crippen molar-refractivity contribution in [2.24, 2.45) is 11.3 Å². The normalized spacial score (nSPS) is 31.2.